The molecule has 3 heteroatoms. The van der Waals surface area contributed by atoms with Crippen LogP contribution >= 0.6 is 0 Å². The van der Waals surface area contributed by atoms with E-state index in [9.17, 15) is 9.90 Å². The van der Waals surface area contributed by atoms with Gasteiger partial charge in [0.2, 0.25) is 0 Å². The molecule has 0 fully saturated rings. The van der Waals surface area contributed by atoms with Crippen molar-refractivity contribution in [3.63, 3.8) is 0 Å². The summed E-state index contributed by atoms with van der Waals surface area (Å²) in [5.74, 6) is 0.280. The Hall–Kier alpha value is -1.77. The van der Waals surface area contributed by atoms with Crippen molar-refractivity contribution in [2.24, 2.45) is 7.05 Å². The molecule has 0 atom stereocenters. The normalized spacial score (nSPS) is 10.9. The molecule has 0 aliphatic carbocycles. The minimum atomic E-state index is 0.0591. The predicted molar refractivity (Wildman–Crippen MR) is 59.3 cm³/mol. The number of carbonyl (C=O) groups excluding carboxylic acids is 1. The number of hydrogen-bond acceptors (Lipinski definition) is 2. The molecule has 15 heavy (non-hydrogen) atoms. The molecule has 2 rings (SSSR count). The molecule has 0 saturated heterocycles. The van der Waals surface area contributed by atoms with Crippen LogP contribution in [0.2, 0.25) is 0 Å². The van der Waals surface area contributed by atoms with Gasteiger partial charge in [-0.2, -0.15) is 0 Å². The number of nitrogens with zero attached hydrogens (tertiary/aromatic N) is 1. The van der Waals surface area contributed by atoms with E-state index in [0.29, 0.717) is 0 Å². The zero-order valence-corrected chi connectivity index (χ0v) is 9.03. The number of hydrogen-bond donors (Lipinski definition) is 1. The SMILES string of the molecule is CC(=O)c1c(C)n(C)c2cc(O)ccc12. The Labute approximate surface area is 87.9 Å². The van der Waals surface area contributed by atoms with Gasteiger partial charge in [-0.05, 0) is 26.0 Å². The van der Waals surface area contributed by atoms with Gasteiger partial charge in [-0.25, -0.2) is 0 Å². The number of aryl methyl sites for hydroxylation is 1. The van der Waals surface area contributed by atoms with Crippen LogP contribution in [0.1, 0.15) is 23.0 Å². The fourth-order valence-electron chi connectivity index (χ4n) is 2.00. The summed E-state index contributed by atoms with van der Waals surface area (Å²) in [6.07, 6.45) is 0. The lowest BCUT2D eigenvalue weighted by molar-refractivity contribution is 0.101. The molecule has 1 aromatic heterocycles. The van der Waals surface area contributed by atoms with Gasteiger partial charge < -0.3 is 9.67 Å². The molecule has 2 aromatic rings. The summed E-state index contributed by atoms with van der Waals surface area (Å²) < 4.78 is 1.92. The van der Waals surface area contributed by atoms with Gasteiger partial charge in [0.25, 0.3) is 0 Å². The van der Waals surface area contributed by atoms with E-state index >= 15 is 0 Å². The molecule has 1 N–H and O–H groups in total. The molecule has 0 saturated carbocycles. The average molecular weight is 203 g/mol. The zero-order chi connectivity index (χ0) is 11.2. The fraction of sp³-hybridized carbons (Fsp3) is 0.250. The summed E-state index contributed by atoms with van der Waals surface area (Å²) in [7, 11) is 1.89. The zero-order valence-electron chi connectivity index (χ0n) is 9.03. The van der Waals surface area contributed by atoms with E-state index in [1.165, 1.54) is 0 Å². The Morgan fingerprint density at radius 2 is 2.07 bits per heavy atom. The Bertz CT molecular complexity index is 552. The van der Waals surface area contributed by atoms with E-state index in [2.05, 4.69) is 0 Å². The van der Waals surface area contributed by atoms with Crippen LogP contribution in [0.15, 0.2) is 18.2 Å². The number of fused-ring (bicyclic) bond motifs is 1. The second-order valence-corrected chi connectivity index (χ2v) is 3.78. The highest BCUT2D eigenvalue weighted by atomic mass is 16.3. The second-order valence-electron chi connectivity index (χ2n) is 3.78. The quantitative estimate of drug-likeness (QED) is 0.723. The predicted octanol–water partition coefficient (Wildman–Crippen LogP) is 2.39. The molecular weight excluding hydrogens is 190 g/mol. The summed E-state index contributed by atoms with van der Waals surface area (Å²) in [4.78, 5) is 11.5. The second kappa shape index (κ2) is 3.12. The van der Waals surface area contributed by atoms with Gasteiger partial charge in [0, 0.05) is 29.8 Å². The molecule has 0 spiro atoms. The summed E-state index contributed by atoms with van der Waals surface area (Å²) >= 11 is 0. The topological polar surface area (TPSA) is 42.2 Å². The maximum absolute atomic E-state index is 11.5. The Kier molecular flexibility index (Phi) is 2.03. The van der Waals surface area contributed by atoms with Gasteiger partial charge in [-0.1, -0.05) is 0 Å². The van der Waals surface area contributed by atoms with Crippen LogP contribution in [0, 0.1) is 6.92 Å². The molecule has 0 aliphatic heterocycles. The highest BCUT2D eigenvalue weighted by Crippen LogP contribution is 2.27. The number of ketones is 1. The van der Waals surface area contributed by atoms with E-state index in [1.807, 2.05) is 18.5 Å². The first-order valence-corrected chi connectivity index (χ1v) is 4.81. The van der Waals surface area contributed by atoms with Crippen LogP contribution in [-0.4, -0.2) is 15.5 Å². The van der Waals surface area contributed by atoms with Crippen LogP contribution in [0.25, 0.3) is 10.9 Å². The maximum Gasteiger partial charge on any atom is 0.162 e. The standard InChI is InChI=1S/C12H13NO2/c1-7-12(8(2)14)10-5-4-9(15)6-11(10)13(7)3/h4-6,15H,1-3H3. The first kappa shape index (κ1) is 9.77. The first-order chi connectivity index (χ1) is 7.02. The lowest BCUT2D eigenvalue weighted by Gasteiger charge is -1.98. The molecule has 1 heterocycles. The molecule has 0 radical (unpaired) electrons. The van der Waals surface area contributed by atoms with Crippen LogP contribution in [-0.2, 0) is 7.05 Å². The minimum absolute atomic E-state index is 0.0591. The van der Waals surface area contributed by atoms with Crippen LogP contribution < -0.4 is 0 Å². The average Bonchev–Trinajstić information content (AvgIpc) is 2.41. The van der Waals surface area contributed by atoms with Crippen LogP contribution in [0.3, 0.4) is 0 Å². The van der Waals surface area contributed by atoms with Crippen molar-refractivity contribution in [2.45, 2.75) is 13.8 Å². The largest absolute Gasteiger partial charge is 0.508 e. The van der Waals surface area contributed by atoms with Crippen molar-refractivity contribution in [3.05, 3.63) is 29.5 Å². The van der Waals surface area contributed by atoms with E-state index in [4.69, 9.17) is 0 Å². The van der Waals surface area contributed by atoms with Crippen molar-refractivity contribution < 1.29 is 9.90 Å². The monoisotopic (exact) mass is 203 g/mol. The molecular formula is C12H13NO2. The van der Waals surface area contributed by atoms with Gasteiger partial charge >= 0.3 is 0 Å². The molecule has 0 bridgehead atoms. The third-order valence-electron chi connectivity index (χ3n) is 2.83. The summed E-state index contributed by atoms with van der Waals surface area (Å²) in [5, 5.41) is 10.3. The third kappa shape index (κ3) is 1.31. The van der Waals surface area contributed by atoms with Crippen LogP contribution in [0.5, 0.6) is 5.75 Å². The summed E-state index contributed by atoms with van der Waals surface area (Å²) in [6.45, 7) is 3.47. The Morgan fingerprint density at radius 1 is 1.40 bits per heavy atom. The number of phenols is 1. The van der Waals surface area contributed by atoms with Crippen LogP contribution in [0.4, 0.5) is 0 Å². The number of carbonyl (C=O) groups is 1. The number of rotatable bonds is 1. The minimum Gasteiger partial charge on any atom is -0.508 e. The highest BCUT2D eigenvalue weighted by molar-refractivity contribution is 6.08. The van der Waals surface area contributed by atoms with Gasteiger partial charge in [0.1, 0.15) is 5.75 Å². The Balaban J connectivity index is 2.93. The lowest BCUT2D eigenvalue weighted by atomic mass is 10.1. The van der Waals surface area contributed by atoms with Crippen molar-refractivity contribution in [3.8, 4) is 5.75 Å². The maximum atomic E-state index is 11.5. The first-order valence-electron chi connectivity index (χ1n) is 4.81. The number of benzene rings is 1. The van der Waals surface area contributed by atoms with E-state index in [1.54, 1.807) is 25.1 Å². The summed E-state index contributed by atoms with van der Waals surface area (Å²) in [5.41, 5.74) is 2.56. The van der Waals surface area contributed by atoms with Gasteiger partial charge in [0.05, 0.1) is 5.52 Å². The molecule has 1 aromatic carbocycles. The highest BCUT2D eigenvalue weighted by Gasteiger charge is 2.15. The number of Topliss-reactive ketones (excluding diaryl/α,β-unsaturated/α-hetero) is 1. The van der Waals surface area contributed by atoms with E-state index < -0.39 is 0 Å². The number of aromatic hydroxyl groups is 1. The number of aromatic nitrogens is 1. The van der Waals surface area contributed by atoms with Crippen molar-refractivity contribution in [1.29, 1.82) is 0 Å². The van der Waals surface area contributed by atoms with Crippen molar-refractivity contribution >= 4 is 16.7 Å². The van der Waals surface area contributed by atoms with Gasteiger partial charge in [-0.3, -0.25) is 4.79 Å². The lowest BCUT2D eigenvalue weighted by Crippen LogP contribution is -1.96. The fourth-order valence-corrected chi connectivity index (χ4v) is 2.00. The smallest absolute Gasteiger partial charge is 0.162 e. The molecule has 3 nitrogen and oxygen atoms in total. The molecule has 78 valence electrons. The molecule has 0 amide bonds. The third-order valence-corrected chi connectivity index (χ3v) is 2.83. The summed E-state index contributed by atoms with van der Waals surface area (Å²) in [6, 6.07) is 5.07. The van der Waals surface area contributed by atoms with E-state index in [-0.39, 0.29) is 11.5 Å². The van der Waals surface area contributed by atoms with E-state index in [0.717, 1.165) is 22.2 Å². The van der Waals surface area contributed by atoms with Crippen molar-refractivity contribution in [2.75, 3.05) is 0 Å². The van der Waals surface area contributed by atoms with Crippen molar-refractivity contribution in [1.82, 2.24) is 4.57 Å². The number of phenolic OH excluding ortho intramolecular Hbond substituents is 1. The molecule has 0 unspecified atom stereocenters. The Morgan fingerprint density at radius 3 is 2.67 bits per heavy atom. The van der Waals surface area contributed by atoms with Gasteiger partial charge in [-0.15, -0.1) is 0 Å². The molecule has 0 aliphatic rings. The van der Waals surface area contributed by atoms with Gasteiger partial charge in [0.15, 0.2) is 5.78 Å².